The summed E-state index contributed by atoms with van der Waals surface area (Å²) in [5.74, 6) is 0. The second-order valence-corrected chi connectivity index (χ2v) is 8.58. The lowest BCUT2D eigenvalue weighted by Gasteiger charge is -2.39. The summed E-state index contributed by atoms with van der Waals surface area (Å²) in [6.07, 6.45) is 0.284. The van der Waals surface area contributed by atoms with Crippen molar-refractivity contribution in [3.8, 4) is 0 Å². The Balaban J connectivity index is 1.97. The third-order valence-corrected chi connectivity index (χ3v) is 5.16. The van der Waals surface area contributed by atoms with Crippen molar-refractivity contribution >= 4 is 34.7 Å². The maximum atomic E-state index is 12.8. The number of ether oxygens (including phenoxy) is 2. The second-order valence-electron chi connectivity index (χ2n) is 7.82. The molecule has 0 spiro atoms. The predicted octanol–water partition coefficient (Wildman–Crippen LogP) is 4.37. The van der Waals surface area contributed by atoms with Gasteiger partial charge in [-0.05, 0) is 67.6 Å². The Morgan fingerprint density at radius 2 is 2.00 bits per heavy atom. The summed E-state index contributed by atoms with van der Waals surface area (Å²) in [7, 11) is 0. The molecule has 0 N–H and O–H groups in total. The predicted molar refractivity (Wildman–Crippen MR) is 103 cm³/mol. The molecule has 1 saturated heterocycles. The highest BCUT2D eigenvalue weighted by Crippen LogP contribution is 2.35. The summed E-state index contributed by atoms with van der Waals surface area (Å²) in [5.41, 5.74) is 2.34. The number of halogens is 2. The normalized spacial score (nSPS) is 20.3. The number of morpholine rings is 1. The van der Waals surface area contributed by atoms with Gasteiger partial charge in [0.25, 0.3) is 0 Å². The third kappa shape index (κ3) is 4.68. The zero-order valence-corrected chi connectivity index (χ0v) is 17.3. The van der Waals surface area contributed by atoms with Crippen LogP contribution in [0.4, 0.5) is 9.59 Å². The van der Waals surface area contributed by atoms with E-state index in [1.807, 2.05) is 32.9 Å². The van der Waals surface area contributed by atoms with E-state index in [4.69, 9.17) is 32.7 Å². The van der Waals surface area contributed by atoms with Crippen LogP contribution in [-0.2, 0) is 22.4 Å². The Kier molecular flexibility index (Phi) is 5.89. The molecule has 1 unspecified atom stereocenters. The average Bonchev–Trinajstić information content (AvgIpc) is 2.59. The maximum absolute atomic E-state index is 12.8. The van der Waals surface area contributed by atoms with Crippen LogP contribution in [0.3, 0.4) is 0 Å². The van der Waals surface area contributed by atoms with E-state index in [1.54, 1.807) is 9.80 Å². The zero-order chi connectivity index (χ0) is 19.8. The highest BCUT2D eigenvalue weighted by molar-refractivity contribution is 6.62. The number of rotatable bonds is 1. The summed E-state index contributed by atoms with van der Waals surface area (Å²) < 4.78 is 11.2. The topological polar surface area (TPSA) is 59.1 Å². The van der Waals surface area contributed by atoms with Gasteiger partial charge in [-0.1, -0.05) is 11.6 Å². The van der Waals surface area contributed by atoms with Gasteiger partial charge in [-0.3, -0.25) is 9.69 Å². The Hall–Kier alpha value is -1.50. The fraction of sp³-hybridized carbons (Fsp3) is 0.579. The second kappa shape index (κ2) is 7.86. The molecule has 148 valence electrons. The molecule has 1 atom stereocenters. The monoisotopic (exact) mass is 414 g/mol. The lowest BCUT2D eigenvalue weighted by molar-refractivity contribution is -0.0334. The molecular weight excluding hydrogens is 391 g/mol. The molecule has 1 fully saturated rings. The lowest BCUT2D eigenvalue weighted by atomic mass is 9.90. The molecule has 0 radical (unpaired) electrons. The van der Waals surface area contributed by atoms with Crippen molar-refractivity contribution in [3.05, 3.63) is 33.8 Å². The first-order valence-electron chi connectivity index (χ1n) is 8.98. The van der Waals surface area contributed by atoms with Crippen LogP contribution in [0, 0.1) is 0 Å². The van der Waals surface area contributed by atoms with Crippen LogP contribution < -0.4 is 0 Å². The number of hydrogen-bond acceptors (Lipinski definition) is 4. The van der Waals surface area contributed by atoms with Crippen molar-refractivity contribution in [2.45, 2.75) is 45.4 Å². The first-order chi connectivity index (χ1) is 12.7. The number of carbonyl (C=O) groups excluding carboxylic acids is 2. The Labute approximate surface area is 169 Å². The van der Waals surface area contributed by atoms with E-state index in [2.05, 4.69) is 0 Å². The minimum Gasteiger partial charge on any atom is -0.444 e. The summed E-state index contributed by atoms with van der Waals surface area (Å²) in [4.78, 5) is 27.7. The molecule has 3 rings (SSSR count). The van der Waals surface area contributed by atoms with Crippen LogP contribution >= 0.6 is 23.2 Å². The van der Waals surface area contributed by atoms with Crippen LogP contribution in [0.15, 0.2) is 12.1 Å². The smallest absolute Gasteiger partial charge is 0.410 e. The Morgan fingerprint density at radius 3 is 2.67 bits per heavy atom. The molecule has 27 heavy (non-hydrogen) atoms. The number of nitrogens with zero attached hydrogens (tertiary/aromatic N) is 2. The first kappa shape index (κ1) is 20.2. The largest absolute Gasteiger partial charge is 0.444 e. The average molecular weight is 415 g/mol. The van der Waals surface area contributed by atoms with E-state index in [-0.39, 0.29) is 12.1 Å². The third-order valence-electron chi connectivity index (χ3n) is 4.71. The van der Waals surface area contributed by atoms with Gasteiger partial charge in [0.1, 0.15) is 5.60 Å². The molecule has 2 aliphatic rings. The van der Waals surface area contributed by atoms with Crippen molar-refractivity contribution in [2.75, 3.05) is 26.3 Å². The Morgan fingerprint density at radius 1 is 1.26 bits per heavy atom. The molecule has 6 nitrogen and oxygen atoms in total. The van der Waals surface area contributed by atoms with Gasteiger partial charge in [-0.25, -0.2) is 4.79 Å². The first-order valence-corrected chi connectivity index (χ1v) is 9.74. The summed E-state index contributed by atoms with van der Waals surface area (Å²) >= 11 is 12.0. The number of carbonyl (C=O) groups is 2. The molecule has 0 saturated carbocycles. The van der Waals surface area contributed by atoms with Crippen LogP contribution in [-0.4, -0.2) is 53.2 Å². The summed E-state index contributed by atoms with van der Waals surface area (Å²) in [6, 6.07) is 3.43. The fourth-order valence-electron chi connectivity index (χ4n) is 3.51. The van der Waals surface area contributed by atoms with Gasteiger partial charge in [0.05, 0.1) is 19.3 Å². The van der Waals surface area contributed by atoms with Crippen LogP contribution in [0.5, 0.6) is 0 Å². The molecule has 2 aliphatic heterocycles. The van der Waals surface area contributed by atoms with Crippen LogP contribution in [0.1, 0.15) is 43.5 Å². The number of amides is 2. The zero-order valence-electron chi connectivity index (χ0n) is 15.8. The molecule has 1 aromatic carbocycles. The van der Waals surface area contributed by atoms with Crippen molar-refractivity contribution in [1.82, 2.24) is 9.80 Å². The summed E-state index contributed by atoms with van der Waals surface area (Å²) in [6.45, 7) is 7.68. The van der Waals surface area contributed by atoms with Crippen LogP contribution in [0.25, 0.3) is 0 Å². The quantitative estimate of drug-likeness (QED) is 0.505. The van der Waals surface area contributed by atoms with E-state index in [1.165, 1.54) is 0 Å². The van der Waals surface area contributed by atoms with E-state index in [9.17, 15) is 9.59 Å². The molecule has 0 bridgehead atoms. The highest BCUT2D eigenvalue weighted by atomic mass is 35.5. The minimum absolute atomic E-state index is 0.327. The Bertz CT molecular complexity index is 748. The van der Waals surface area contributed by atoms with E-state index >= 15 is 0 Å². The standard InChI is InChI=1S/C19H24Cl2N2O4/c1-19(2,3)27-18(25)23-6-7-26-11-16(23)14-9-13(20)8-12-4-5-22(17(21)24)10-15(12)14/h8-9,16H,4-7,10-11H2,1-3H3. The maximum Gasteiger partial charge on any atom is 0.410 e. The van der Waals surface area contributed by atoms with Gasteiger partial charge in [0.2, 0.25) is 0 Å². The van der Waals surface area contributed by atoms with E-state index < -0.39 is 11.0 Å². The van der Waals surface area contributed by atoms with Gasteiger partial charge in [0.15, 0.2) is 0 Å². The van der Waals surface area contributed by atoms with E-state index in [0.29, 0.717) is 44.3 Å². The number of benzene rings is 1. The molecule has 8 heteroatoms. The minimum atomic E-state index is -0.588. The molecule has 0 aromatic heterocycles. The molecule has 2 heterocycles. The van der Waals surface area contributed by atoms with Gasteiger partial charge in [-0.2, -0.15) is 0 Å². The van der Waals surface area contributed by atoms with E-state index in [0.717, 1.165) is 16.7 Å². The fourth-order valence-corrected chi connectivity index (χ4v) is 3.90. The lowest BCUT2D eigenvalue weighted by Crippen LogP contribution is -2.46. The van der Waals surface area contributed by atoms with Gasteiger partial charge >= 0.3 is 11.5 Å². The number of fused-ring (bicyclic) bond motifs is 1. The van der Waals surface area contributed by atoms with Gasteiger partial charge in [0, 0.05) is 24.7 Å². The van der Waals surface area contributed by atoms with Crippen molar-refractivity contribution < 1.29 is 19.1 Å². The van der Waals surface area contributed by atoms with Crippen molar-refractivity contribution in [1.29, 1.82) is 0 Å². The number of hydrogen-bond donors (Lipinski definition) is 0. The molecular formula is C19H24Cl2N2O4. The van der Waals surface area contributed by atoms with Crippen molar-refractivity contribution in [2.24, 2.45) is 0 Å². The SMILES string of the molecule is CC(C)(C)OC(=O)N1CCOCC1c1cc(Cl)cc2c1CN(C(=O)Cl)CC2. The van der Waals surface area contributed by atoms with Gasteiger partial charge < -0.3 is 14.4 Å². The van der Waals surface area contributed by atoms with Crippen molar-refractivity contribution in [3.63, 3.8) is 0 Å². The molecule has 0 aliphatic carbocycles. The highest BCUT2D eigenvalue weighted by Gasteiger charge is 2.35. The summed E-state index contributed by atoms with van der Waals surface area (Å²) in [5, 5.41) is 0.120. The molecule has 1 aromatic rings. The van der Waals surface area contributed by atoms with Crippen LogP contribution in [0.2, 0.25) is 5.02 Å². The molecule has 2 amide bonds. The van der Waals surface area contributed by atoms with Gasteiger partial charge in [-0.15, -0.1) is 0 Å².